The highest BCUT2D eigenvalue weighted by Gasteiger charge is 2.75. The smallest absolute Gasteiger partial charge is 0.193 e. The van der Waals surface area contributed by atoms with Gasteiger partial charge in [0.15, 0.2) is 23.5 Å². The molecule has 7 nitrogen and oxygen atoms in total. The van der Waals surface area contributed by atoms with Gasteiger partial charge in [-0.3, -0.25) is 9.59 Å². The number of ketones is 2. The molecule has 232 valence electrons. The molecule has 5 aliphatic rings. The molecular weight excluding hydrogens is 576 g/mol. The van der Waals surface area contributed by atoms with Crippen LogP contribution in [0.5, 0.6) is 0 Å². The summed E-state index contributed by atoms with van der Waals surface area (Å²) in [4.78, 5) is 27.1. The lowest BCUT2D eigenvalue weighted by molar-refractivity contribution is -0.201. The summed E-state index contributed by atoms with van der Waals surface area (Å²) in [7, 11) is 0. The van der Waals surface area contributed by atoms with E-state index in [0.29, 0.717) is 18.6 Å². The average molecular weight is 617 g/mol. The predicted molar refractivity (Wildman–Crippen MR) is 165 cm³/mol. The van der Waals surface area contributed by atoms with Gasteiger partial charge in [0.1, 0.15) is 6.61 Å². The summed E-state index contributed by atoms with van der Waals surface area (Å²) in [6.45, 7) is 3.53. The molecule has 44 heavy (non-hydrogen) atoms. The zero-order valence-electron chi connectivity index (χ0n) is 25.1. The lowest BCUT2D eigenvalue weighted by Crippen LogP contribution is -2.63. The molecule has 9 atom stereocenters. The first-order chi connectivity index (χ1) is 21.1. The number of carbonyl (C=O) groups is 2. The van der Waals surface area contributed by atoms with Gasteiger partial charge in [0, 0.05) is 33.0 Å². The van der Waals surface area contributed by atoms with E-state index >= 15 is 0 Å². The summed E-state index contributed by atoms with van der Waals surface area (Å²) in [5, 5.41) is 31.6. The number of thioether (sulfide) groups is 1. The second-order valence-corrected chi connectivity index (χ2v) is 14.7. The zero-order valence-corrected chi connectivity index (χ0v) is 26.0. The van der Waals surface area contributed by atoms with Crippen LogP contribution in [0.2, 0.25) is 0 Å². The van der Waals surface area contributed by atoms with Gasteiger partial charge < -0.3 is 24.8 Å². The van der Waals surface area contributed by atoms with Gasteiger partial charge in [-0.2, -0.15) is 0 Å². The van der Waals surface area contributed by atoms with Gasteiger partial charge >= 0.3 is 0 Å². The van der Waals surface area contributed by atoms with Crippen molar-refractivity contribution in [3.63, 3.8) is 0 Å². The highest BCUT2D eigenvalue weighted by Crippen LogP contribution is 2.70. The molecule has 3 N–H and O–H groups in total. The molecule has 0 aromatic heterocycles. The molecule has 2 aromatic carbocycles. The highest BCUT2D eigenvalue weighted by atomic mass is 32.2. The number of rotatable bonds is 7. The SMILES string of the molecule is C[C@]12C=CC(=O)C=C1CC[C@@H]1[C@@H]2[C@@H](O)C[C@@]2(C)[C@H]1C[C@H]1O[C@@H](c3cccc(CSc4cccc(CO)c4)c3)O[C@]12C(=O)CO. The summed E-state index contributed by atoms with van der Waals surface area (Å²) < 4.78 is 13.4. The van der Waals surface area contributed by atoms with Crippen molar-refractivity contribution < 1.29 is 34.4 Å². The summed E-state index contributed by atoms with van der Waals surface area (Å²) in [6, 6.07) is 15.8. The number of fused-ring (bicyclic) bond motifs is 7. The van der Waals surface area contributed by atoms with Crippen LogP contribution in [0.1, 0.15) is 62.5 Å². The Bertz CT molecular complexity index is 1550. The molecule has 0 spiro atoms. The van der Waals surface area contributed by atoms with Crippen molar-refractivity contribution in [2.24, 2.45) is 28.6 Å². The van der Waals surface area contributed by atoms with Crippen LogP contribution in [0, 0.1) is 28.6 Å². The van der Waals surface area contributed by atoms with Crippen LogP contribution >= 0.6 is 11.8 Å². The molecular formula is C36H40O7S. The fourth-order valence-corrected chi connectivity index (χ4v) is 10.5. The Labute approximate surface area is 262 Å². The molecule has 1 aliphatic heterocycles. The molecule has 3 saturated carbocycles. The first-order valence-corrected chi connectivity index (χ1v) is 16.6. The minimum atomic E-state index is -1.37. The van der Waals surface area contributed by atoms with Crippen LogP contribution in [0.25, 0.3) is 0 Å². The third kappa shape index (κ3) is 4.44. The normalized spacial score (nSPS) is 38.8. The predicted octanol–water partition coefficient (Wildman–Crippen LogP) is 5.07. The molecule has 0 amide bonds. The number of carbonyl (C=O) groups excluding carboxylic acids is 2. The number of aliphatic hydroxyl groups excluding tert-OH is 3. The number of Topliss-reactive ketones (excluding diaryl/α,β-unsaturated/α-hetero) is 1. The van der Waals surface area contributed by atoms with Crippen LogP contribution in [0.15, 0.2) is 77.2 Å². The highest BCUT2D eigenvalue weighted by molar-refractivity contribution is 7.98. The molecule has 4 aliphatic carbocycles. The first kappa shape index (κ1) is 30.1. The van der Waals surface area contributed by atoms with E-state index in [9.17, 15) is 24.9 Å². The molecule has 2 aromatic rings. The third-order valence-corrected chi connectivity index (χ3v) is 12.6. The van der Waals surface area contributed by atoms with Crippen LogP contribution in [-0.2, 0) is 31.4 Å². The average Bonchev–Trinajstić information content (AvgIpc) is 3.53. The lowest BCUT2D eigenvalue weighted by Gasteiger charge is -2.59. The van der Waals surface area contributed by atoms with E-state index in [4.69, 9.17) is 9.47 Å². The number of hydrogen-bond donors (Lipinski definition) is 3. The van der Waals surface area contributed by atoms with E-state index in [1.165, 1.54) is 0 Å². The molecule has 0 unspecified atom stereocenters. The Morgan fingerprint density at radius 1 is 1.09 bits per heavy atom. The van der Waals surface area contributed by atoms with Crippen molar-refractivity contribution in [1.82, 2.24) is 0 Å². The molecule has 1 saturated heterocycles. The summed E-state index contributed by atoms with van der Waals surface area (Å²) in [5.41, 5.74) is 1.34. The van der Waals surface area contributed by atoms with E-state index in [2.05, 4.69) is 13.8 Å². The van der Waals surface area contributed by atoms with Crippen molar-refractivity contribution in [3.05, 3.63) is 89.0 Å². The first-order valence-electron chi connectivity index (χ1n) is 15.6. The number of benzene rings is 2. The number of ether oxygens (including phenoxy) is 2. The second-order valence-electron chi connectivity index (χ2n) is 13.7. The van der Waals surface area contributed by atoms with Crippen molar-refractivity contribution in [3.8, 4) is 0 Å². The van der Waals surface area contributed by atoms with Crippen LogP contribution in [-0.4, -0.2) is 51.3 Å². The Kier molecular flexibility index (Phi) is 7.55. The van der Waals surface area contributed by atoms with Gasteiger partial charge in [0.25, 0.3) is 0 Å². The van der Waals surface area contributed by atoms with Gasteiger partial charge in [0.2, 0.25) is 0 Å². The third-order valence-electron chi connectivity index (χ3n) is 11.5. The lowest BCUT2D eigenvalue weighted by atomic mass is 9.46. The van der Waals surface area contributed by atoms with Crippen LogP contribution < -0.4 is 0 Å². The van der Waals surface area contributed by atoms with Gasteiger partial charge in [-0.25, -0.2) is 0 Å². The van der Waals surface area contributed by atoms with Crippen molar-refractivity contribution in [2.45, 2.75) is 80.9 Å². The van der Waals surface area contributed by atoms with E-state index in [1.54, 1.807) is 23.9 Å². The summed E-state index contributed by atoms with van der Waals surface area (Å²) in [6.07, 6.45) is 5.90. The molecule has 1 heterocycles. The monoisotopic (exact) mass is 616 g/mol. The molecule has 0 bridgehead atoms. The Morgan fingerprint density at radius 3 is 2.68 bits per heavy atom. The van der Waals surface area contributed by atoms with Crippen molar-refractivity contribution in [1.29, 1.82) is 0 Å². The fraction of sp³-hybridized carbons (Fsp3) is 0.500. The van der Waals surface area contributed by atoms with E-state index in [1.807, 2.05) is 54.6 Å². The molecule has 7 rings (SSSR count). The van der Waals surface area contributed by atoms with Gasteiger partial charge in [-0.05, 0) is 79.0 Å². The van der Waals surface area contributed by atoms with Crippen LogP contribution in [0.4, 0.5) is 0 Å². The van der Waals surface area contributed by atoms with Gasteiger partial charge in [0.05, 0.1) is 18.8 Å². The van der Waals surface area contributed by atoms with E-state index in [0.717, 1.165) is 40.0 Å². The van der Waals surface area contributed by atoms with Gasteiger partial charge in [-0.1, -0.05) is 55.8 Å². The van der Waals surface area contributed by atoms with E-state index < -0.39 is 41.5 Å². The molecule has 8 heteroatoms. The van der Waals surface area contributed by atoms with Crippen molar-refractivity contribution in [2.75, 3.05) is 6.61 Å². The zero-order chi connectivity index (χ0) is 30.9. The summed E-state index contributed by atoms with van der Waals surface area (Å²) in [5.74, 6) is 0.423. The number of hydrogen-bond acceptors (Lipinski definition) is 8. The standard InChI is InChI=1S/C36H40O7S/c1-34-12-11-25(39)15-24(34)9-10-27-28-16-31-36(30(41)19-38,35(28,2)17-29(40)32(27)34)43-33(42-31)23-7-3-6-22(13-23)20-44-26-8-4-5-21(14-26)18-37/h3-8,11-15,27-29,31-33,37-38,40H,9-10,16-20H2,1-2H3/t27-,28-,29-,31+,32+,33+,34-,35-,36+/m0/s1. The number of aliphatic hydroxyl groups is 3. The summed E-state index contributed by atoms with van der Waals surface area (Å²) >= 11 is 1.68. The maximum absolute atomic E-state index is 13.8. The number of allylic oxidation sites excluding steroid dienone is 4. The Balaban J connectivity index is 1.16. The van der Waals surface area contributed by atoms with E-state index in [-0.39, 0.29) is 35.9 Å². The minimum absolute atomic E-state index is 0.000335. The maximum atomic E-state index is 13.8. The second kappa shape index (κ2) is 11.0. The fourth-order valence-electron chi connectivity index (χ4n) is 9.56. The Morgan fingerprint density at radius 2 is 1.89 bits per heavy atom. The van der Waals surface area contributed by atoms with Crippen molar-refractivity contribution >= 4 is 23.3 Å². The van der Waals surface area contributed by atoms with Crippen LogP contribution in [0.3, 0.4) is 0 Å². The Hall–Kier alpha value is -2.59. The quantitative estimate of drug-likeness (QED) is 0.370. The topological polar surface area (TPSA) is 113 Å². The molecule has 4 fully saturated rings. The van der Waals surface area contributed by atoms with Gasteiger partial charge in [-0.15, -0.1) is 11.8 Å². The maximum Gasteiger partial charge on any atom is 0.193 e. The molecule has 0 radical (unpaired) electrons. The minimum Gasteiger partial charge on any atom is -0.393 e. The largest absolute Gasteiger partial charge is 0.393 e.